The molecule has 1 N–H and O–H groups in total. The third-order valence-corrected chi connectivity index (χ3v) is 3.82. The SMILES string of the molecule is CN(CCc1ccncc1)C(=O)C1CSCN1. The van der Waals surface area contributed by atoms with Gasteiger partial charge in [0.1, 0.15) is 0 Å². The second kappa shape index (κ2) is 6.02. The van der Waals surface area contributed by atoms with Crippen LogP contribution in [0.3, 0.4) is 0 Å². The Morgan fingerprint density at radius 2 is 2.35 bits per heavy atom. The predicted octanol–water partition coefficient (Wildman–Crippen LogP) is 0.745. The van der Waals surface area contributed by atoms with E-state index in [4.69, 9.17) is 0 Å². The number of nitrogens with one attached hydrogen (secondary N) is 1. The third-order valence-electron chi connectivity index (χ3n) is 2.88. The van der Waals surface area contributed by atoms with Gasteiger partial charge in [0, 0.05) is 37.6 Å². The molecule has 0 aromatic carbocycles. The van der Waals surface area contributed by atoms with Gasteiger partial charge in [-0.2, -0.15) is 0 Å². The van der Waals surface area contributed by atoms with Gasteiger partial charge in [-0.05, 0) is 24.1 Å². The van der Waals surface area contributed by atoms with Crippen LogP contribution in [0.5, 0.6) is 0 Å². The molecule has 17 heavy (non-hydrogen) atoms. The molecular formula is C12H17N3OS. The number of hydrogen-bond donors (Lipinski definition) is 1. The Bertz CT molecular complexity index is 365. The van der Waals surface area contributed by atoms with Crippen molar-refractivity contribution >= 4 is 17.7 Å². The van der Waals surface area contributed by atoms with Gasteiger partial charge >= 0.3 is 0 Å². The monoisotopic (exact) mass is 251 g/mol. The number of thioether (sulfide) groups is 1. The molecule has 1 aliphatic rings. The van der Waals surface area contributed by atoms with Crippen molar-refractivity contribution in [2.75, 3.05) is 25.2 Å². The molecule has 4 nitrogen and oxygen atoms in total. The highest BCUT2D eigenvalue weighted by atomic mass is 32.2. The molecule has 1 aliphatic heterocycles. The second-order valence-corrected chi connectivity index (χ2v) is 5.17. The molecule has 1 fully saturated rings. The summed E-state index contributed by atoms with van der Waals surface area (Å²) < 4.78 is 0. The van der Waals surface area contributed by atoms with E-state index >= 15 is 0 Å². The lowest BCUT2D eigenvalue weighted by molar-refractivity contribution is -0.131. The Hall–Kier alpha value is -1.07. The lowest BCUT2D eigenvalue weighted by Gasteiger charge is -2.20. The quantitative estimate of drug-likeness (QED) is 0.857. The van der Waals surface area contributed by atoms with Crippen LogP contribution in [-0.4, -0.2) is 47.1 Å². The summed E-state index contributed by atoms with van der Waals surface area (Å²) in [6.07, 6.45) is 4.45. The summed E-state index contributed by atoms with van der Waals surface area (Å²) in [6, 6.07) is 3.98. The zero-order chi connectivity index (χ0) is 12.1. The van der Waals surface area contributed by atoms with Crippen LogP contribution in [0, 0.1) is 0 Å². The molecule has 5 heteroatoms. The van der Waals surface area contributed by atoms with Gasteiger partial charge in [-0.3, -0.25) is 15.1 Å². The van der Waals surface area contributed by atoms with Crippen LogP contribution in [0.4, 0.5) is 0 Å². The van der Waals surface area contributed by atoms with E-state index in [-0.39, 0.29) is 11.9 Å². The minimum atomic E-state index is 0.00226. The molecular weight excluding hydrogens is 234 g/mol. The number of pyridine rings is 1. The van der Waals surface area contributed by atoms with Crippen molar-refractivity contribution in [2.24, 2.45) is 0 Å². The van der Waals surface area contributed by atoms with Gasteiger partial charge in [0.2, 0.25) is 5.91 Å². The highest BCUT2D eigenvalue weighted by Crippen LogP contribution is 2.11. The van der Waals surface area contributed by atoms with E-state index in [9.17, 15) is 4.79 Å². The highest BCUT2D eigenvalue weighted by molar-refractivity contribution is 7.99. The Balaban J connectivity index is 1.80. The van der Waals surface area contributed by atoms with Gasteiger partial charge in [0.25, 0.3) is 0 Å². The average molecular weight is 251 g/mol. The molecule has 0 aliphatic carbocycles. The second-order valence-electron chi connectivity index (χ2n) is 4.14. The van der Waals surface area contributed by atoms with E-state index in [1.54, 1.807) is 24.2 Å². The van der Waals surface area contributed by atoms with Crippen molar-refractivity contribution in [3.05, 3.63) is 30.1 Å². The summed E-state index contributed by atoms with van der Waals surface area (Å²) in [6.45, 7) is 0.756. The lowest BCUT2D eigenvalue weighted by atomic mass is 10.2. The average Bonchev–Trinajstić information content (AvgIpc) is 2.90. The maximum absolute atomic E-state index is 12.0. The molecule has 1 unspecified atom stereocenters. The molecule has 2 heterocycles. The van der Waals surface area contributed by atoms with Crippen LogP contribution in [0.1, 0.15) is 5.56 Å². The largest absolute Gasteiger partial charge is 0.344 e. The predicted molar refractivity (Wildman–Crippen MR) is 69.8 cm³/mol. The molecule has 0 radical (unpaired) electrons. The first-order valence-electron chi connectivity index (χ1n) is 5.72. The molecule has 0 spiro atoms. The lowest BCUT2D eigenvalue weighted by Crippen LogP contribution is -2.43. The number of rotatable bonds is 4. The minimum Gasteiger partial charge on any atom is -0.344 e. The molecule has 0 saturated carbocycles. The fraction of sp³-hybridized carbons (Fsp3) is 0.500. The highest BCUT2D eigenvalue weighted by Gasteiger charge is 2.24. The van der Waals surface area contributed by atoms with E-state index in [0.29, 0.717) is 0 Å². The maximum Gasteiger partial charge on any atom is 0.240 e. The van der Waals surface area contributed by atoms with Crippen LogP contribution in [0.25, 0.3) is 0 Å². The van der Waals surface area contributed by atoms with E-state index in [0.717, 1.165) is 24.6 Å². The van der Waals surface area contributed by atoms with Crippen LogP contribution >= 0.6 is 11.8 Å². The zero-order valence-electron chi connectivity index (χ0n) is 9.93. The first kappa shape index (κ1) is 12.4. The summed E-state index contributed by atoms with van der Waals surface area (Å²) in [5.74, 6) is 1.97. The number of carbonyl (C=O) groups excluding carboxylic acids is 1. The topological polar surface area (TPSA) is 45.2 Å². The number of likely N-dealkylation sites (N-methyl/N-ethyl adjacent to an activating group) is 1. The summed E-state index contributed by atoms with van der Waals surface area (Å²) in [5.41, 5.74) is 1.22. The first-order chi connectivity index (χ1) is 8.27. The van der Waals surface area contributed by atoms with E-state index < -0.39 is 0 Å². The van der Waals surface area contributed by atoms with Gasteiger partial charge < -0.3 is 4.90 Å². The van der Waals surface area contributed by atoms with Gasteiger partial charge in [-0.25, -0.2) is 0 Å². The molecule has 1 aromatic rings. The van der Waals surface area contributed by atoms with Crippen molar-refractivity contribution in [2.45, 2.75) is 12.5 Å². The van der Waals surface area contributed by atoms with Crippen molar-refractivity contribution in [3.8, 4) is 0 Å². The molecule has 1 aromatic heterocycles. The van der Waals surface area contributed by atoms with E-state index in [2.05, 4.69) is 10.3 Å². The molecule has 92 valence electrons. The fourth-order valence-corrected chi connectivity index (χ4v) is 2.71. The molecule has 2 rings (SSSR count). The summed E-state index contributed by atoms with van der Waals surface area (Å²) in [5, 5.41) is 3.20. The summed E-state index contributed by atoms with van der Waals surface area (Å²) >= 11 is 1.78. The molecule has 0 bridgehead atoms. The maximum atomic E-state index is 12.0. The van der Waals surface area contributed by atoms with Crippen LogP contribution < -0.4 is 5.32 Å². The van der Waals surface area contributed by atoms with Gasteiger partial charge in [-0.1, -0.05) is 0 Å². The first-order valence-corrected chi connectivity index (χ1v) is 6.88. The molecule has 1 amide bonds. The van der Waals surface area contributed by atoms with Crippen LogP contribution in [0.2, 0.25) is 0 Å². The van der Waals surface area contributed by atoms with Crippen molar-refractivity contribution in [3.63, 3.8) is 0 Å². The Kier molecular flexibility index (Phi) is 4.39. The van der Waals surface area contributed by atoms with E-state index in [1.165, 1.54) is 5.56 Å². The Labute approximate surface area is 106 Å². The smallest absolute Gasteiger partial charge is 0.240 e. The zero-order valence-corrected chi connectivity index (χ0v) is 10.7. The molecule has 1 atom stereocenters. The number of aromatic nitrogens is 1. The van der Waals surface area contributed by atoms with Crippen molar-refractivity contribution in [1.82, 2.24) is 15.2 Å². The van der Waals surface area contributed by atoms with Gasteiger partial charge in [0.15, 0.2) is 0 Å². The van der Waals surface area contributed by atoms with Crippen LogP contribution in [-0.2, 0) is 11.2 Å². The summed E-state index contributed by atoms with van der Waals surface area (Å²) in [4.78, 5) is 17.8. The number of hydrogen-bond acceptors (Lipinski definition) is 4. The Morgan fingerprint density at radius 1 is 1.59 bits per heavy atom. The number of amides is 1. The van der Waals surface area contributed by atoms with Crippen molar-refractivity contribution < 1.29 is 4.79 Å². The fourth-order valence-electron chi connectivity index (χ4n) is 1.78. The number of nitrogens with zero attached hydrogens (tertiary/aromatic N) is 2. The van der Waals surface area contributed by atoms with Gasteiger partial charge in [0.05, 0.1) is 6.04 Å². The number of carbonyl (C=O) groups is 1. The summed E-state index contributed by atoms with van der Waals surface area (Å²) in [7, 11) is 1.87. The van der Waals surface area contributed by atoms with Gasteiger partial charge in [-0.15, -0.1) is 11.8 Å². The molecule has 1 saturated heterocycles. The minimum absolute atomic E-state index is 0.00226. The Morgan fingerprint density at radius 3 is 3.00 bits per heavy atom. The standard InChI is InChI=1S/C12H17N3OS/c1-15(12(16)11-8-17-9-14-11)7-4-10-2-5-13-6-3-10/h2-3,5-6,11,14H,4,7-9H2,1H3. The van der Waals surface area contributed by atoms with E-state index in [1.807, 2.05) is 24.1 Å². The normalized spacial score (nSPS) is 19.2. The third kappa shape index (κ3) is 3.44. The van der Waals surface area contributed by atoms with Crippen LogP contribution in [0.15, 0.2) is 24.5 Å². The van der Waals surface area contributed by atoms with Crippen molar-refractivity contribution in [1.29, 1.82) is 0 Å².